The molecule has 0 radical (unpaired) electrons. The maximum Gasteiger partial charge on any atom is 0.0495 e. The van der Waals surface area contributed by atoms with Gasteiger partial charge in [0.2, 0.25) is 0 Å². The van der Waals surface area contributed by atoms with Crippen LogP contribution in [0.2, 0.25) is 0 Å². The van der Waals surface area contributed by atoms with Crippen LogP contribution < -0.4 is 5.32 Å². The van der Waals surface area contributed by atoms with Gasteiger partial charge < -0.3 is 5.32 Å². The smallest absolute Gasteiger partial charge is 0.0495 e. The fourth-order valence-corrected chi connectivity index (χ4v) is 2.20. The Morgan fingerprint density at radius 3 is 2.79 bits per heavy atom. The fraction of sp³-hybridized carbons (Fsp3) is 0.455. The first-order chi connectivity index (χ1) is 6.75. The Morgan fingerprint density at radius 2 is 2.07 bits per heavy atom. The molecule has 1 aromatic rings. The minimum Gasteiger partial charge on any atom is -0.384 e. The highest BCUT2D eigenvalue weighted by Crippen LogP contribution is 2.32. The van der Waals surface area contributed by atoms with E-state index in [0.29, 0.717) is 0 Å². The predicted octanol–water partition coefficient (Wildman–Crippen LogP) is 4.42. The van der Waals surface area contributed by atoms with Gasteiger partial charge in [-0.1, -0.05) is 28.8 Å². The molecule has 2 rings (SSSR count). The molecule has 0 heterocycles. The lowest BCUT2D eigenvalue weighted by Crippen LogP contribution is -2.02. The molecular formula is C11H13Br2N. The molecule has 0 amide bonds. The first-order valence-corrected chi connectivity index (χ1v) is 6.53. The molecule has 0 aromatic heterocycles. The van der Waals surface area contributed by atoms with Gasteiger partial charge in [0, 0.05) is 21.2 Å². The monoisotopic (exact) mass is 317 g/mol. The Labute approximate surface area is 102 Å². The third-order valence-electron chi connectivity index (χ3n) is 2.49. The second-order valence-electron chi connectivity index (χ2n) is 3.78. The lowest BCUT2D eigenvalue weighted by molar-refractivity contribution is 0.760. The summed E-state index contributed by atoms with van der Waals surface area (Å²) in [6.45, 7) is 1.08. The Bertz CT molecular complexity index is 321. The molecule has 1 aromatic carbocycles. The van der Waals surface area contributed by atoms with Crippen molar-refractivity contribution in [2.45, 2.75) is 19.3 Å². The summed E-state index contributed by atoms with van der Waals surface area (Å²) in [5.41, 5.74) is 1.18. The highest BCUT2D eigenvalue weighted by atomic mass is 79.9. The van der Waals surface area contributed by atoms with Crippen LogP contribution in [0.1, 0.15) is 19.3 Å². The van der Waals surface area contributed by atoms with Crippen LogP contribution in [0.15, 0.2) is 27.1 Å². The summed E-state index contributed by atoms with van der Waals surface area (Å²) in [5.74, 6) is 0.994. The normalized spacial score (nSPS) is 15.6. The quantitative estimate of drug-likeness (QED) is 0.866. The van der Waals surface area contributed by atoms with E-state index in [1.54, 1.807) is 0 Å². The second kappa shape index (κ2) is 4.67. The Balaban J connectivity index is 1.89. The minimum atomic E-state index is 0.994. The van der Waals surface area contributed by atoms with Gasteiger partial charge in [-0.25, -0.2) is 0 Å². The van der Waals surface area contributed by atoms with Crippen LogP contribution in [0.5, 0.6) is 0 Å². The van der Waals surface area contributed by atoms with Crippen LogP contribution in [-0.2, 0) is 0 Å². The molecule has 76 valence electrons. The van der Waals surface area contributed by atoms with Crippen molar-refractivity contribution in [2.75, 3.05) is 11.9 Å². The van der Waals surface area contributed by atoms with Crippen LogP contribution in [-0.4, -0.2) is 6.54 Å². The summed E-state index contributed by atoms with van der Waals surface area (Å²) in [5, 5.41) is 3.45. The van der Waals surface area contributed by atoms with Crippen molar-refractivity contribution in [2.24, 2.45) is 5.92 Å². The average molecular weight is 319 g/mol. The van der Waals surface area contributed by atoms with Gasteiger partial charge in [0.1, 0.15) is 0 Å². The zero-order valence-electron chi connectivity index (χ0n) is 7.89. The molecule has 1 nitrogen and oxygen atoms in total. The van der Waals surface area contributed by atoms with Gasteiger partial charge in [-0.15, -0.1) is 0 Å². The van der Waals surface area contributed by atoms with Crippen LogP contribution >= 0.6 is 31.9 Å². The van der Waals surface area contributed by atoms with Crippen molar-refractivity contribution in [3.05, 3.63) is 27.1 Å². The number of rotatable bonds is 4. The van der Waals surface area contributed by atoms with Gasteiger partial charge in [0.15, 0.2) is 0 Å². The Hall–Kier alpha value is -0.0200. The fourth-order valence-electron chi connectivity index (χ4n) is 1.45. The molecule has 0 unspecified atom stereocenters. The first-order valence-electron chi connectivity index (χ1n) is 4.94. The summed E-state index contributed by atoms with van der Waals surface area (Å²) in [7, 11) is 0. The lowest BCUT2D eigenvalue weighted by Gasteiger charge is -2.08. The van der Waals surface area contributed by atoms with E-state index in [9.17, 15) is 0 Å². The number of nitrogens with one attached hydrogen (secondary N) is 1. The van der Waals surface area contributed by atoms with Crippen molar-refractivity contribution < 1.29 is 0 Å². The summed E-state index contributed by atoms with van der Waals surface area (Å²) in [4.78, 5) is 0. The van der Waals surface area contributed by atoms with E-state index in [-0.39, 0.29) is 0 Å². The minimum absolute atomic E-state index is 0.994. The van der Waals surface area contributed by atoms with Crippen LogP contribution in [0, 0.1) is 5.92 Å². The SMILES string of the molecule is Brc1ccc(Br)c(NCCC2CC2)c1. The number of hydrogen-bond donors (Lipinski definition) is 1. The van der Waals surface area contributed by atoms with E-state index in [0.717, 1.165) is 21.4 Å². The molecule has 1 saturated carbocycles. The number of anilines is 1. The van der Waals surface area contributed by atoms with Gasteiger partial charge >= 0.3 is 0 Å². The van der Waals surface area contributed by atoms with Crippen molar-refractivity contribution in [1.82, 2.24) is 0 Å². The topological polar surface area (TPSA) is 12.0 Å². The van der Waals surface area contributed by atoms with Crippen LogP contribution in [0.25, 0.3) is 0 Å². The summed E-state index contributed by atoms with van der Waals surface area (Å²) in [6.07, 6.45) is 4.17. The van der Waals surface area contributed by atoms with Crippen LogP contribution in [0.3, 0.4) is 0 Å². The highest BCUT2D eigenvalue weighted by molar-refractivity contribution is 9.11. The Kier molecular flexibility index (Phi) is 3.50. The average Bonchev–Trinajstić information content (AvgIpc) is 2.95. The third kappa shape index (κ3) is 2.99. The molecule has 14 heavy (non-hydrogen) atoms. The van der Waals surface area contributed by atoms with Crippen molar-refractivity contribution in [3.8, 4) is 0 Å². The third-order valence-corrected chi connectivity index (χ3v) is 3.68. The van der Waals surface area contributed by atoms with Crippen molar-refractivity contribution in [3.63, 3.8) is 0 Å². The standard InChI is InChI=1S/C11H13Br2N/c12-9-3-4-10(13)11(7-9)14-6-5-8-1-2-8/h3-4,7-8,14H,1-2,5-6H2. The largest absolute Gasteiger partial charge is 0.384 e. The van der Waals surface area contributed by atoms with E-state index in [2.05, 4.69) is 49.3 Å². The van der Waals surface area contributed by atoms with E-state index in [1.165, 1.54) is 24.9 Å². The molecule has 1 fully saturated rings. The van der Waals surface area contributed by atoms with Gasteiger partial charge in [0.25, 0.3) is 0 Å². The van der Waals surface area contributed by atoms with Crippen LogP contribution in [0.4, 0.5) is 5.69 Å². The van der Waals surface area contributed by atoms with Gasteiger partial charge in [0.05, 0.1) is 0 Å². The maximum atomic E-state index is 3.53. The molecule has 0 bridgehead atoms. The summed E-state index contributed by atoms with van der Waals surface area (Å²) in [6, 6.07) is 6.21. The lowest BCUT2D eigenvalue weighted by atomic mass is 10.2. The van der Waals surface area contributed by atoms with Gasteiger partial charge in [-0.05, 0) is 46.5 Å². The van der Waals surface area contributed by atoms with E-state index < -0.39 is 0 Å². The maximum absolute atomic E-state index is 3.53. The molecular weight excluding hydrogens is 306 g/mol. The molecule has 0 spiro atoms. The van der Waals surface area contributed by atoms with Gasteiger partial charge in [-0.2, -0.15) is 0 Å². The molecule has 1 aliphatic carbocycles. The highest BCUT2D eigenvalue weighted by Gasteiger charge is 2.20. The summed E-state index contributed by atoms with van der Waals surface area (Å²) < 4.78 is 2.26. The zero-order chi connectivity index (χ0) is 9.97. The first kappa shape index (κ1) is 10.5. The molecule has 1 N–H and O–H groups in total. The molecule has 0 saturated heterocycles. The van der Waals surface area contributed by atoms with Crippen molar-refractivity contribution >= 4 is 37.5 Å². The van der Waals surface area contributed by atoms with Gasteiger partial charge in [-0.3, -0.25) is 0 Å². The van der Waals surface area contributed by atoms with E-state index in [1.807, 2.05) is 6.07 Å². The zero-order valence-corrected chi connectivity index (χ0v) is 11.1. The molecule has 1 aliphatic rings. The summed E-state index contributed by atoms with van der Waals surface area (Å²) >= 11 is 7.00. The molecule has 0 aliphatic heterocycles. The number of halogens is 2. The Morgan fingerprint density at radius 1 is 1.29 bits per heavy atom. The second-order valence-corrected chi connectivity index (χ2v) is 5.55. The van der Waals surface area contributed by atoms with E-state index in [4.69, 9.17) is 0 Å². The van der Waals surface area contributed by atoms with Crippen molar-refractivity contribution in [1.29, 1.82) is 0 Å². The van der Waals surface area contributed by atoms with E-state index >= 15 is 0 Å². The molecule has 0 atom stereocenters. The number of hydrogen-bond acceptors (Lipinski definition) is 1. The molecule has 3 heteroatoms. The number of benzene rings is 1. The predicted molar refractivity (Wildman–Crippen MR) is 67.7 cm³/mol.